The number of likely N-dealkylation sites (tertiary alicyclic amines) is 1. The van der Waals surface area contributed by atoms with Gasteiger partial charge in [0.15, 0.2) is 0 Å². The summed E-state index contributed by atoms with van der Waals surface area (Å²) in [4.78, 5) is 2.59. The Balaban J connectivity index is 1.89. The first-order valence-corrected chi connectivity index (χ1v) is 5.58. The van der Waals surface area contributed by atoms with Gasteiger partial charge in [-0.2, -0.15) is 0 Å². The van der Waals surface area contributed by atoms with Gasteiger partial charge in [-0.1, -0.05) is 19.3 Å². The first-order valence-electron chi connectivity index (χ1n) is 5.58. The van der Waals surface area contributed by atoms with Gasteiger partial charge in [-0.15, -0.1) is 0 Å². The largest absolute Gasteiger partial charge is 0.303 e. The second-order valence-electron chi connectivity index (χ2n) is 4.59. The summed E-state index contributed by atoms with van der Waals surface area (Å²) < 4.78 is 0. The van der Waals surface area contributed by atoms with Gasteiger partial charge in [-0.05, 0) is 45.2 Å². The van der Waals surface area contributed by atoms with Crippen molar-refractivity contribution in [3.63, 3.8) is 0 Å². The number of hydrogen-bond acceptors (Lipinski definition) is 1. The lowest BCUT2D eigenvalue weighted by Crippen LogP contribution is -2.33. The fourth-order valence-corrected chi connectivity index (χ4v) is 3.05. The fraction of sp³-hybridized carbons (Fsp3) is 1.00. The molecule has 0 bridgehead atoms. The predicted molar refractivity (Wildman–Crippen MR) is 52.2 cm³/mol. The Hall–Kier alpha value is -0.0400. The Morgan fingerprint density at radius 1 is 0.917 bits per heavy atom. The third-order valence-corrected chi connectivity index (χ3v) is 3.77. The molecule has 12 heavy (non-hydrogen) atoms. The van der Waals surface area contributed by atoms with Crippen LogP contribution in [0, 0.1) is 5.92 Å². The molecule has 1 aliphatic carbocycles. The second-order valence-corrected chi connectivity index (χ2v) is 4.59. The first kappa shape index (κ1) is 8.55. The van der Waals surface area contributed by atoms with Crippen LogP contribution in [0.1, 0.15) is 44.9 Å². The van der Waals surface area contributed by atoms with E-state index < -0.39 is 0 Å². The Morgan fingerprint density at radius 2 is 1.67 bits per heavy atom. The quantitative estimate of drug-likeness (QED) is 0.580. The van der Waals surface area contributed by atoms with Crippen molar-refractivity contribution in [1.82, 2.24) is 4.90 Å². The summed E-state index contributed by atoms with van der Waals surface area (Å²) in [6, 6.07) is 0.949. The van der Waals surface area contributed by atoms with Crippen molar-refractivity contribution in [1.29, 1.82) is 0 Å². The van der Waals surface area contributed by atoms with Gasteiger partial charge < -0.3 is 4.90 Å². The molecular formula is C11H21N. The van der Waals surface area contributed by atoms with Crippen molar-refractivity contribution in [2.75, 3.05) is 13.6 Å². The molecule has 0 aromatic rings. The number of hydrogen-bond donors (Lipinski definition) is 0. The normalized spacial score (nSPS) is 34.2. The molecule has 0 unspecified atom stereocenters. The Kier molecular flexibility index (Phi) is 2.69. The third-order valence-electron chi connectivity index (χ3n) is 3.77. The molecule has 0 spiro atoms. The van der Waals surface area contributed by atoms with Crippen LogP contribution >= 0.6 is 0 Å². The Bertz CT molecular complexity index is 138. The molecule has 2 rings (SSSR count). The Labute approximate surface area is 76.1 Å². The SMILES string of the molecule is CN1CCC[C@@H]1C1CCCCC1. The van der Waals surface area contributed by atoms with Gasteiger partial charge in [0.2, 0.25) is 0 Å². The van der Waals surface area contributed by atoms with Crippen LogP contribution in [0.15, 0.2) is 0 Å². The van der Waals surface area contributed by atoms with E-state index in [1.165, 1.54) is 51.5 Å². The van der Waals surface area contributed by atoms with Gasteiger partial charge in [0, 0.05) is 6.04 Å². The van der Waals surface area contributed by atoms with Crippen molar-refractivity contribution >= 4 is 0 Å². The highest BCUT2D eigenvalue weighted by Crippen LogP contribution is 2.33. The van der Waals surface area contributed by atoms with E-state index in [-0.39, 0.29) is 0 Å². The van der Waals surface area contributed by atoms with Crippen LogP contribution in [0.25, 0.3) is 0 Å². The highest BCUT2D eigenvalue weighted by Gasteiger charge is 2.29. The third kappa shape index (κ3) is 1.66. The molecule has 0 radical (unpaired) electrons. The summed E-state index contributed by atoms with van der Waals surface area (Å²) >= 11 is 0. The van der Waals surface area contributed by atoms with Gasteiger partial charge in [-0.3, -0.25) is 0 Å². The van der Waals surface area contributed by atoms with Gasteiger partial charge in [0.05, 0.1) is 0 Å². The lowest BCUT2D eigenvalue weighted by atomic mass is 9.83. The van der Waals surface area contributed by atoms with E-state index in [9.17, 15) is 0 Å². The maximum absolute atomic E-state index is 2.59. The van der Waals surface area contributed by atoms with E-state index in [0.29, 0.717) is 0 Å². The molecule has 1 heteroatoms. The second kappa shape index (κ2) is 3.78. The molecule has 1 aliphatic heterocycles. The zero-order chi connectivity index (χ0) is 8.39. The lowest BCUT2D eigenvalue weighted by molar-refractivity contribution is 0.185. The fourth-order valence-electron chi connectivity index (χ4n) is 3.05. The van der Waals surface area contributed by atoms with Crippen LogP contribution in [0.3, 0.4) is 0 Å². The first-order chi connectivity index (χ1) is 5.88. The minimum atomic E-state index is 0.949. The van der Waals surface area contributed by atoms with Gasteiger partial charge in [-0.25, -0.2) is 0 Å². The van der Waals surface area contributed by atoms with E-state index in [1.54, 1.807) is 0 Å². The predicted octanol–water partition coefficient (Wildman–Crippen LogP) is 2.66. The molecule has 1 heterocycles. The molecule has 0 aromatic carbocycles. The summed E-state index contributed by atoms with van der Waals surface area (Å²) in [6.07, 6.45) is 10.4. The van der Waals surface area contributed by atoms with Crippen LogP contribution in [-0.2, 0) is 0 Å². The Morgan fingerprint density at radius 3 is 2.25 bits per heavy atom. The van der Waals surface area contributed by atoms with Crippen molar-refractivity contribution in [2.45, 2.75) is 51.0 Å². The van der Waals surface area contributed by atoms with Gasteiger partial charge in [0.1, 0.15) is 0 Å². The van der Waals surface area contributed by atoms with Crippen LogP contribution in [-0.4, -0.2) is 24.5 Å². The molecule has 0 aromatic heterocycles. The van der Waals surface area contributed by atoms with Crippen molar-refractivity contribution in [2.24, 2.45) is 5.92 Å². The van der Waals surface area contributed by atoms with Crippen molar-refractivity contribution in [3.05, 3.63) is 0 Å². The summed E-state index contributed by atoms with van der Waals surface area (Å²) in [6.45, 7) is 1.35. The number of rotatable bonds is 1. The molecular weight excluding hydrogens is 146 g/mol. The minimum Gasteiger partial charge on any atom is -0.303 e. The lowest BCUT2D eigenvalue weighted by Gasteiger charge is -2.31. The van der Waals surface area contributed by atoms with E-state index in [4.69, 9.17) is 0 Å². The maximum atomic E-state index is 2.59. The average molecular weight is 167 g/mol. The highest BCUT2D eigenvalue weighted by atomic mass is 15.1. The van der Waals surface area contributed by atoms with E-state index in [2.05, 4.69) is 11.9 Å². The molecule has 0 N–H and O–H groups in total. The maximum Gasteiger partial charge on any atom is 0.0121 e. The summed E-state index contributed by atoms with van der Waals surface area (Å²) in [5, 5.41) is 0. The van der Waals surface area contributed by atoms with Crippen LogP contribution in [0.2, 0.25) is 0 Å². The topological polar surface area (TPSA) is 3.24 Å². The van der Waals surface area contributed by atoms with Crippen molar-refractivity contribution in [3.8, 4) is 0 Å². The summed E-state index contributed by atoms with van der Waals surface area (Å²) in [5.74, 6) is 1.05. The smallest absolute Gasteiger partial charge is 0.0121 e. The van der Waals surface area contributed by atoms with Crippen LogP contribution in [0.5, 0.6) is 0 Å². The van der Waals surface area contributed by atoms with Crippen LogP contribution < -0.4 is 0 Å². The van der Waals surface area contributed by atoms with Gasteiger partial charge >= 0.3 is 0 Å². The van der Waals surface area contributed by atoms with E-state index >= 15 is 0 Å². The average Bonchev–Trinajstić information content (AvgIpc) is 2.53. The van der Waals surface area contributed by atoms with E-state index in [0.717, 1.165) is 12.0 Å². The molecule has 0 amide bonds. The monoisotopic (exact) mass is 167 g/mol. The van der Waals surface area contributed by atoms with Crippen molar-refractivity contribution < 1.29 is 0 Å². The molecule has 1 atom stereocenters. The molecule has 1 nitrogen and oxygen atoms in total. The molecule has 1 saturated carbocycles. The van der Waals surface area contributed by atoms with Gasteiger partial charge in [0.25, 0.3) is 0 Å². The zero-order valence-electron chi connectivity index (χ0n) is 8.26. The minimum absolute atomic E-state index is 0.949. The van der Waals surface area contributed by atoms with E-state index in [1.807, 2.05) is 0 Å². The molecule has 2 fully saturated rings. The highest BCUT2D eigenvalue weighted by molar-refractivity contribution is 4.84. The standard InChI is InChI=1S/C11H21N/c1-12-9-5-8-11(12)10-6-3-2-4-7-10/h10-11H,2-9H2,1H3/t11-/m1/s1. The zero-order valence-corrected chi connectivity index (χ0v) is 8.26. The molecule has 1 saturated heterocycles. The number of nitrogens with zero attached hydrogens (tertiary/aromatic N) is 1. The molecule has 2 aliphatic rings. The summed E-state index contributed by atoms with van der Waals surface area (Å²) in [5.41, 5.74) is 0. The van der Waals surface area contributed by atoms with Crippen LogP contribution in [0.4, 0.5) is 0 Å². The summed E-state index contributed by atoms with van der Waals surface area (Å²) in [7, 11) is 2.31. The molecule has 70 valence electrons.